The Labute approximate surface area is 179 Å². The summed E-state index contributed by atoms with van der Waals surface area (Å²) in [5.41, 5.74) is 3.25. The second-order valence-corrected chi connectivity index (χ2v) is 7.01. The van der Waals surface area contributed by atoms with Crippen LogP contribution in [0.25, 0.3) is 6.08 Å². The summed E-state index contributed by atoms with van der Waals surface area (Å²) in [7, 11) is 0. The van der Waals surface area contributed by atoms with E-state index < -0.39 is 5.91 Å². The summed E-state index contributed by atoms with van der Waals surface area (Å²) >= 11 is 5.85. The summed E-state index contributed by atoms with van der Waals surface area (Å²) < 4.78 is 0. The van der Waals surface area contributed by atoms with Crippen LogP contribution in [0, 0.1) is 18.3 Å². The number of hydrogen-bond donors (Lipinski definition) is 2. The van der Waals surface area contributed by atoms with E-state index in [-0.39, 0.29) is 11.5 Å². The number of halogens is 1. The highest BCUT2D eigenvalue weighted by Crippen LogP contribution is 2.17. The smallest absolute Gasteiger partial charge is 0.266 e. The lowest BCUT2D eigenvalue weighted by atomic mass is 10.1. The van der Waals surface area contributed by atoms with Gasteiger partial charge in [-0.15, -0.1) is 0 Å². The van der Waals surface area contributed by atoms with Gasteiger partial charge in [-0.25, -0.2) is 0 Å². The van der Waals surface area contributed by atoms with Gasteiger partial charge in [0.1, 0.15) is 11.6 Å². The minimum atomic E-state index is -0.503. The summed E-state index contributed by atoms with van der Waals surface area (Å²) in [5.74, 6) is -0.789. The van der Waals surface area contributed by atoms with Crippen molar-refractivity contribution in [3.05, 3.63) is 100 Å². The molecule has 0 aromatic heterocycles. The molecular formula is C24H18ClN3O2. The number of amides is 2. The quantitative estimate of drug-likeness (QED) is 0.429. The van der Waals surface area contributed by atoms with Crippen LogP contribution in [0.2, 0.25) is 5.02 Å². The highest BCUT2D eigenvalue weighted by atomic mass is 35.5. The number of aryl methyl sites for hydroxylation is 1. The lowest BCUT2D eigenvalue weighted by Crippen LogP contribution is -2.13. The van der Waals surface area contributed by atoms with Gasteiger partial charge in [-0.1, -0.05) is 41.4 Å². The fourth-order valence-electron chi connectivity index (χ4n) is 2.66. The van der Waals surface area contributed by atoms with E-state index in [1.54, 1.807) is 60.7 Å². The minimum Gasteiger partial charge on any atom is -0.322 e. The first-order valence-electron chi connectivity index (χ1n) is 9.11. The number of carbonyl (C=O) groups is 2. The van der Waals surface area contributed by atoms with E-state index in [9.17, 15) is 14.9 Å². The fourth-order valence-corrected chi connectivity index (χ4v) is 2.79. The maximum absolute atomic E-state index is 12.4. The van der Waals surface area contributed by atoms with E-state index in [0.717, 1.165) is 5.56 Å². The predicted octanol–water partition coefficient (Wildman–Crippen LogP) is 5.45. The van der Waals surface area contributed by atoms with Gasteiger partial charge in [0.15, 0.2) is 0 Å². The Hall–Kier alpha value is -3.88. The molecule has 30 heavy (non-hydrogen) atoms. The van der Waals surface area contributed by atoms with Gasteiger partial charge in [0.25, 0.3) is 11.8 Å². The Morgan fingerprint density at radius 1 is 0.933 bits per heavy atom. The zero-order valence-corrected chi connectivity index (χ0v) is 16.9. The van der Waals surface area contributed by atoms with E-state index in [2.05, 4.69) is 10.6 Å². The van der Waals surface area contributed by atoms with Crippen LogP contribution in [-0.4, -0.2) is 11.8 Å². The first kappa shape index (κ1) is 20.8. The summed E-state index contributed by atoms with van der Waals surface area (Å²) in [4.78, 5) is 24.8. The van der Waals surface area contributed by atoms with Crippen molar-refractivity contribution in [3.8, 4) is 6.07 Å². The highest BCUT2D eigenvalue weighted by Gasteiger charge is 2.10. The molecule has 3 aromatic carbocycles. The molecule has 0 saturated carbocycles. The molecule has 3 aromatic rings. The normalized spacial score (nSPS) is 10.8. The molecule has 2 amide bonds. The molecule has 148 valence electrons. The van der Waals surface area contributed by atoms with Crippen LogP contribution in [0.5, 0.6) is 0 Å². The molecule has 6 heteroatoms. The van der Waals surface area contributed by atoms with Gasteiger partial charge in [-0.2, -0.15) is 5.26 Å². The molecule has 0 aliphatic rings. The van der Waals surface area contributed by atoms with Gasteiger partial charge in [-0.3, -0.25) is 9.59 Å². The molecule has 0 aliphatic heterocycles. The van der Waals surface area contributed by atoms with Crippen LogP contribution in [0.1, 0.15) is 21.5 Å². The zero-order valence-electron chi connectivity index (χ0n) is 16.1. The predicted molar refractivity (Wildman–Crippen MR) is 119 cm³/mol. The van der Waals surface area contributed by atoms with Crippen molar-refractivity contribution in [1.82, 2.24) is 0 Å². The number of nitrogens with one attached hydrogen (secondary N) is 2. The number of nitrogens with zero attached hydrogens (tertiary/aromatic N) is 1. The van der Waals surface area contributed by atoms with E-state index in [1.165, 1.54) is 6.08 Å². The molecule has 0 fully saturated rings. The van der Waals surface area contributed by atoms with Crippen LogP contribution >= 0.6 is 11.6 Å². The van der Waals surface area contributed by atoms with Gasteiger partial charge >= 0.3 is 0 Å². The molecule has 5 nitrogen and oxygen atoms in total. The lowest BCUT2D eigenvalue weighted by molar-refractivity contribution is -0.112. The first-order valence-corrected chi connectivity index (χ1v) is 9.49. The average Bonchev–Trinajstić information content (AvgIpc) is 2.74. The summed E-state index contributed by atoms with van der Waals surface area (Å²) in [5, 5.41) is 15.4. The van der Waals surface area contributed by atoms with Crippen LogP contribution in [0.3, 0.4) is 0 Å². The number of rotatable bonds is 5. The average molecular weight is 416 g/mol. The van der Waals surface area contributed by atoms with Crippen LogP contribution in [-0.2, 0) is 4.79 Å². The van der Waals surface area contributed by atoms with Crippen molar-refractivity contribution in [3.63, 3.8) is 0 Å². The van der Waals surface area contributed by atoms with Crippen molar-refractivity contribution >= 4 is 40.9 Å². The highest BCUT2D eigenvalue weighted by molar-refractivity contribution is 6.30. The van der Waals surface area contributed by atoms with Gasteiger partial charge in [0.2, 0.25) is 0 Å². The first-order chi connectivity index (χ1) is 14.4. The fraction of sp³-hybridized carbons (Fsp3) is 0.0417. The molecule has 2 N–H and O–H groups in total. The third-order valence-corrected chi connectivity index (χ3v) is 4.49. The van der Waals surface area contributed by atoms with Gasteiger partial charge in [0, 0.05) is 22.0 Å². The van der Waals surface area contributed by atoms with E-state index >= 15 is 0 Å². The topological polar surface area (TPSA) is 82.0 Å². The Morgan fingerprint density at radius 2 is 1.63 bits per heavy atom. The SMILES string of the molecule is Cc1ccc(NC(=O)/C(C#N)=C/c2cccc(NC(=O)c3ccc(Cl)cc3)c2)cc1. The Balaban J connectivity index is 1.74. The monoisotopic (exact) mass is 415 g/mol. The van der Waals surface area contributed by atoms with E-state index in [0.29, 0.717) is 27.5 Å². The molecule has 0 radical (unpaired) electrons. The van der Waals surface area contributed by atoms with Crippen LogP contribution in [0.15, 0.2) is 78.4 Å². The Kier molecular flexibility index (Phi) is 6.63. The summed E-state index contributed by atoms with van der Waals surface area (Å²) in [6, 6.07) is 22.6. The van der Waals surface area contributed by atoms with Crippen LogP contribution < -0.4 is 10.6 Å². The van der Waals surface area contributed by atoms with Crippen molar-refractivity contribution in [2.45, 2.75) is 6.92 Å². The Bertz CT molecular complexity index is 1140. The van der Waals surface area contributed by atoms with Gasteiger partial charge < -0.3 is 10.6 Å². The zero-order chi connectivity index (χ0) is 21.5. The lowest BCUT2D eigenvalue weighted by Gasteiger charge is -2.07. The molecule has 0 unspecified atom stereocenters. The number of anilines is 2. The minimum absolute atomic E-state index is 0.0447. The van der Waals surface area contributed by atoms with Crippen molar-refractivity contribution in [2.75, 3.05) is 10.6 Å². The largest absolute Gasteiger partial charge is 0.322 e. The van der Waals surface area contributed by atoms with Crippen molar-refractivity contribution in [2.24, 2.45) is 0 Å². The van der Waals surface area contributed by atoms with Gasteiger partial charge in [0.05, 0.1) is 0 Å². The molecule has 0 heterocycles. The third-order valence-electron chi connectivity index (χ3n) is 4.24. The molecule has 0 bridgehead atoms. The van der Waals surface area contributed by atoms with Crippen molar-refractivity contribution in [1.29, 1.82) is 5.26 Å². The second-order valence-electron chi connectivity index (χ2n) is 6.58. The molecule has 0 aliphatic carbocycles. The van der Waals surface area contributed by atoms with Gasteiger partial charge in [-0.05, 0) is 67.1 Å². The molecule has 0 saturated heterocycles. The number of benzene rings is 3. The maximum atomic E-state index is 12.4. The molecular weight excluding hydrogens is 398 g/mol. The van der Waals surface area contributed by atoms with E-state index in [1.807, 2.05) is 25.1 Å². The van der Waals surface area contributed by atoms with Crippen molar-refractivity contribution < 1.29 is 9.59 Å². The number of hydrogen-bond acceptors (Lipinski definition) is 3. The van der Waals surface area contributed by atoms with Crippen LogP contribution in [0.4, 0.5) is 11.4 Å². The maximum Gasteiger partial charge on any atom is 0.266 e. The molecule has 0 atom stereocenters. The molecule has 0 spiro atoms. The molecule has 3 rings (SSSR count). The van der Waals surface area contributed by atoms with E-state index in [4.69, 9.17) is 11.6 Å². The number of nitriles is 1. The number of carbonyl (C=O) groups excluding carboxylic acids is 2. The Morgan fingerprint density at radius 3 is 2.30 bits per heavy atom. The standard InChI is InChI=1S/C24H18ClN3O2/c1-16-5-11-21(12-6-16)27-24(30)19(15-26)13-17-3-2-4-22(14-17)28-23(29)18-7-9-20(25)10-8-18/h2-14H,1H3,(H,27,30)(H,28,29)/b19-13+. The summed E-state index contributed by atoms with van der Waals surface area (Å²) in [6.45, 7) is 1.95. The third kappa shape index (κ3) is 5.57. The second kappa shape index (κ2) is 9.55. The summed E-state index contributed by atoms with van der Waals surface area (Å²) in [6.07, 6.45) is 1.47.